The maximum atomic E-state index is 12.9. The van der Waals surface area contributed by atoms with Gasteiger partial charge < -0.3 is 67.4 Å². The molecule has 4 saturated heterocycles. The summed E-state index contributed by atoms with van der Waals surface area (Å²) < 4.78 is 84.1. The SMILES string of the molecule is Nc1nc2c(ncn2[C@@H]2O[C@H](CO)[C@@H](NS(=O)(=O)NC[C@H]3O[C@@H](n4cnc5c(=O)[nH]c(N)nc54)C[C@@H]3O)[C@H]2O)c(=O)[nH]1.Nc1nc2c(ncn2[C@H]2C[C@H](NS(N)(=O)=O)[C@@H](CO)O2)c(=O)[nH]1.Nc1nc2c(ncn2[C@H]2C[C@H](O)[C@@H](CI)O2)c(=O)[nH]1. The Hall–Kier alpha value is -7.29. The number of fused-ring (bicyclic) bond motifs is 4. The lowest BCUT2D eigenvalue weighted by molar-refractivity contribution is -0.0489. The van der Waals surface area contributed by atoms with Crippen molar-refractivity contribution in [2.45, 2.75) is 99.0 Å². The van der Waals surface area contributed by atoms with Gasteiger partial charge in [-0.05, 0) is 0 Å². The van der Waals surface area contributed by atoms with E-state index in [4.69, 9.17) is 47.0 Å². The van der Waals surface area contributed by atoms with Gasteiger partial charge in [-0.3, -0.25) is 57.4 Å². The molecule has 454 valence electrons. The lowest BCUT2D eigenvalue weighted by atomic mass is 10.1. The van der Waals surface area contributed by atoms with E-state index >= 15 is 0 Å². The van der Waals surface area contributed by atoms with Crippen LogP contribution in [0.4, 0.5) is 23.8 Å². The van der Waals surface area contributed by atoms with Crippen LogP contribution < -0.4 is 64.5 Å². The van der Waals surface area contributed by atoms with E-state index in [9.17, 15) is 61.5 Å². The molecule has 0 aromatic carbocycles. The molecule has 0 radical (unpaired) electrons. The molecule has 0 spiro atoms. The molecule has 8 aromatic rings. The third-order valence-corrected chi connectivity index (χ3v) is 16.2. The fourth-order valence-electron chi connectivity index (χ4n) is 9.78. The van der Waals surface area contributed by atoms with Gasteiger partial charge in [0.25, 0.3) is 42.7 Å². The number of alkyl halides is 1. The van der Waals surface area contributed by atoms with Gasteiger partial charge in [-0.25, -0.2) is 25.1 Å². The van der Waals surface area contributed by atoms with Crippen molar-refractivity contribution in [2.75, 3.05) is 47.1 Å². The first-order chi connectivity index (χ1) is 39.8. The molecule has 12 rings (SSSR count). The zero-order valence-electron chi connectivity index (χ0n) is 42.8. The van der Waals surface area contributed by atoms with Gasteiger partial charge in [0.2, 0.25) is 23.8 Å². The van der Waals surface area contributed by atoms with Gasteiger partial charge in [-0.15, -0.1) is 0 Å². The van der Waals surface area contributed by atoms with Crippen molar-refractivity contribution in [3.8, 4) is 0 Å². The summed E-state index contributed by atoms with van der Waals surface area (Å²) in [6, 6.07) is -2.07. The van der Waals surface area contributed by atoms with Crippen LogP contribution in [0.25, 0.3) is 44.7 Å². The molecule has 44 heteroatoms. The van der Waals surface area contributed by atoms with Crippen molar-refractivity contribution in [2.24, 2.45) is 5.14 Å². The van der Waals surface area contributed by atoms with E-state index in [2.05, 4.69) is 96.6 Å². The van der Waals surface area contributed by atoms with Crippen LogP contribution in [0.2, 0.25) is 0 Å². The molecular formula is C40H53IN24O17S2. The van der Waals surface area contributed by atoms with Crippen LogP contribution in [-0.4, -0.2) is 199 Å². The second kappa shape index (κ2) is 23.6. The standard InChI is InChI=1S/C20H26N12O9S.C10H12IN5O3.C10H15N7O5S/c21-19-26-14-11(16(36)28-19)23-4-31(14)9-1-6(34)7(40-9)2-25-42(38,39)30-10-8(3-33)41-18(13(10)35)32-5-24-12-15(32)27-20(22)29-17(12)37;11-2-5-4(17)1-6(19-5)16-3-13-7-8(16)14-10(12)15-9(7)18;11-10-14-8-7(9(19)15-10)13-3-17(8)6-1-4(5(2-18)22-6)16-23(12,20)21/h4-10,13,18,25,30,33-35H,1-3H2,(H3,21,26,28,36)(H3,22,27,29,37);3-6,17H,1-2H2,(H3,12,14,15,18);3-6,16,18H,1-2H2,(H2,12,20,21)(H3,11,14,15,19)/t6-,7+,8+,9+,10+,13+,18+;2*4-,5+,6+/m000/s1. The molecule has 0 unspecified atom stereocenters. The summed E-state index contributed by atoms with van der Waals surface area (Å²) in [4.78, 5) is 89.0. The highest BCUT2D eigenvalue weighted by Crippen LogP contribution is 2.35. The van der Waals surface area contributed by atoms with E-state index < -0.39 is 118 Å². The highest BCUT2D eigenvalue weighted by atomic mass is 127. The van der Waals surface area contributed by atoms with E-state index in [-0.39, 0.29) is 100 Å². The lowest BCUT2D eigenvalue weighted by Crippen LogP contribution is -2.53. The maximum absolute atomic E-state index is 12.9. The van der Waals surface area contributed by atoms with Crippen LogP contribution in [0.1, 0.15) is 44.2 Å². The highest BCUT2D eigenvalue weighted by molar-refractivity contribution is 14.1. The van der Waals surface area contributed by atoms with Crippen molar-refractivity contribution in [3.63, 3.8) is 0 Å². The quantitative estimate of drug-likeness (QED) is 0.0355. The third kappa shape index (κ3) is 12.2. The molecule has 0 aliphatic carbocycles. The summed E-state index contributed by atoms with van der Waals surface area (Å²) in [6.45, 7) is -1.47. The van der Waals surface area contributed by atoms with Crippen molar-refractivity contribution in [1.29, 1.82) is 0 Å². The van der Waals surface area contributed by atoms with Crippen LogP contribution in [-0.2, 0) is 39.4 Å². The normalized spacial score (nSPS) is 27.2. The number of ether oxygens (including phenoxy) is 4. The molecule has 0 saturated carbocycles. The zero-order chi connectivity index (χ0) is 60.3. The summed E-state index contributed by atoms with van der Waals surface area (Å²) in [5, 5.41) is 55.5. The number of aliphatic hydroxyl groups is 5. The monoisotopic (exact) mass is 1330 g/mol. The number of nitrogens with two attached hydrogens (primary N) is 5. The number of rotatable bonds is 14. The Labute approximate surface area is 480 Å². The van der Waals surface area contributed by atoms with Gasteiger partial charge in [-0.1, -0.05) is 22.6 Å². The summed E-state index contributed by atoms with van der Waals surface area (Å²) in [6.07, 6.45) is -3.68. The average Bonchev–Trinajstić information content (AvgIpc) is 2.08. The topological polar surface area (TPSA) is 627 Å². The minimum atomic E-state index is -4.37. The Morgan fingerprint density at radius 3 is 1.35 bits per heavy atom. The smallest absolute Gasteiger partial charge is 0.280 e. The Morgan fingerprint density at radius 1 is 0.560 bits per heavy atom. The minimum Gasteiger partial charge on any atom is -0.394 e. The van der Waals surface area contributed by atoms with Gasteiger partial charge >= 0.3 is 0 Å². The number of aliphatic hydroxyl groups excluding tert-OH is 5. The summed E-state index contributed by atoms with van der Waals surface area (Å²) in [5.74, 6) is -0.404. The van der Waals surface area contributed by atoms with Crippen molar-refractivity contribution < 1.29 is 61.3 Å². The van der Waals surface area contributed by atoms with Crippen molar-refractivity contribution in [1.82, 2.24) is 92.2 Å². The second-order valence-corrected chi connectivity index (χ2v) is 22.9. The fourth-order valence-corrected chi connectivity index (χ4v) is 12.4. The van der Waals surface area contributed by atoms with E-state index in [1.807, 2.05) is 0 Å². The van der Waals surface area contributed by atoms with Crippen molar-refractivity contribution in [3.05, 3.63) is 66.7 Å². The average molecular weight is 1330 g/mol. The number of halogens is 1. The molecule has 0 bridgehead atoms. The Balaban J connectivity index is 0.000000157. The summed E-state index contributed by atoms with van der Waals surface area (Å²) >= 11 is 2.16. The van der Waals surface area contributed by atoms with Gasteiger partial charge in [-0.2, -0.15) is 50.9 Å². The van der Waals surface area contributed by atoms with Gasteiger partial charge in [0, 0.05) is 30.2 Å². The second-order valence-electron chi connectivity index (χ2n) is 19.2. The van der Waals surface area contributed by atoms with E-state index in [1.54, 1.807) is 4.57 Å². The number of hydrogen-bond donors (Lipinski definition) is 17. The summed E-state index contributed by atoms with van der Waals surface area (Å²) in [5.41, 5.74) is 21.1. The Kier molecular flexibility index (Phi) is 16.8. The molecule has 8 aromatic heterocycles. The number of aromatic nitrogens is 16. The Morgan fingerprint density at radius 2 is 0.940 bits per heavy atom. The minimum absolute atomic E-state index is 0.0134. The van der Waals surface area contributed by atoms with Crippen LogP contribution in [0.15, 0.2) is 44.5 Å². The molecule has 84 heavy (non-hydrogen) atoms. The number of nitrogen functional groups attached to an aromatic ring is 4. The number of hydrogen-bond acceptors (Lipinski definition) is 29. The van der Waals surface area contributed by atoms with Gasteiger partial charge in [0.15, 0.2) is 50.9 Å². The predicted octanol–water partition coefficient (Wildman–Crippen LogP) is -7.96. The number of anilines is 4. The number of nitrogens with zero attached hydrogens (tertiary/aromatic N) is 12. The molecule has 13 atom stereocenters. The lowest BCUT2D eigenvalue weighted by Gasteiger charge is -2.22. The maximum Gasteiger partial charge on any atom is 0.280 e. The molecule has 4 aliphatic rings. The molecule has 12 heterocycles. The largest absolute Gasteiger partial charge is 0.394 e. The number of imidazole rings is 4. The zero-order valence-corrected chi connectivity index (χ0v) is 46.6. The fraction of sp³-hybridized carbons (Fsp3) is 0.500. The predicted molar refractivity (Wildman–Crippen MR) is 295 cm³/mol. The van der Waals surface area contributed by atoms with Crippen LogP contribution in [0, 0.1) is 0 Å². The van der Waals surface area contributed by atoms with Crippen LogP contribution >= 0.6 is 22.6 Å². The van der Waals surface area contributed by atoms with E-state index in [1.165, 1.54) is 39.0 Å². The van der Waals surface area contributed by atoms with Crippen LogP contribution in [0.5, 0.6) is 0 Å². The first kappa shape index (κ1) is 59.9. The van der Waals surface area contributed by atoms with Crippen LogP contribution in [0.3, 0.4) is 0 Å². The number of aromatic amines is 4. The van der Waals surface area contributed by atoms with Gasteiger partial charge in [0.05, 0.1) is 81.1 Å². The van der Waals surface area contributed by atoms with E-state index in [0.29, 0.717) is 16.5 Å². The number of H-pyrrole nitrogens is 4. The number of nitrogens with one attached hydrogen (secondary N) is 7. The van der Waals surface area contributed by atoms with E-state index in [0.717, 1.165) is 0 Å². The molecule has 22 N–H and O–H groups in total. The Bertz CT molecular complexity index is 4230. The first-order valence-electron chi connectivity index (χ1n) is 24.7. The summed E-state index contributed by atoms with van der Waals surface area (Å²) in [7, 11) is -8.32. The van der Waals surface area contributed by atoms with Crippen molar-refractivity contribution >= 4 is 111 Å². The molecule has 4 aliphatic heterocycles. The first-order valence-corrected chi connectivity index (χ1v) is 29.3. The molecule has 4 fully saturated rings. The molecular weight excluding hydrogens is 1280 g/mol. The molecule has 0 amide bonds. The van der Waals surface area contributed by atoms with Gasteiger partial charge in [0.1, 0.15) is 30.9 Å². The highest BCUT2D eigenvalue weighted by Gasteiger charge is 2.47. The third-order valence-electron chi connectivity index (χ3n) is 13.6. The molecule has 41 nitrogen and oxygen atoms in total.